The molecule has 3 aliphatic rings. The molecule has 3 rings (SSSR count). The smallest absolute Gasteiger partial charge is 0.268 e. The fraction of sp³-hybridized carbons (Fsp3) is 0.750. The second kappa shape index (κ2) is 1.68. The van der Waals surface area contributed by atoms with Crippen LogP contribution in [0.5, 0.6) is 0 Å². The van der Waals surface area contributed by atoms with E-state index >= 15 is 0 Å². The van der Waals surface area contributed by atoms with Crippen molar-refractivity contribution in [2.75, 3.05) is 0 Å². The summed E-state index contributed by atoms with van der Waals surface area (Å²) in [4.78, 5) is 4.80. The van der Waals surface area contributed by atoms with Crippen LogP contribution in [0.25, 0.3) is 0 Å². The Kier molecular flexibility index (Phi) is 0.943. The maximum Gasteiger partial charge on any atom is 0.268 e. The molecule has 3 heteroatoms. The Morgan fingerprint density at radius 1 is 1.45 bits per heavy atom. The SMILES string of the molecule is OC1(C2CC3C=CC2C3)NO1. The van der Waals surface area contributed by atoms with Gasteiger partial charge < -0.3 is 5.11 Å². The molecule has 0 aromatic rings. The number of aliphatic hydroxyl groups is 1. The van der Waals surface area contributed by atoms with Crippen LogP contribution in [-0.2, 0) is 4.84 Å². The van der Waals surface area contributed by atoms with E-state index < -0.39 is 5.91 Å². The first kappa shape index (κ1) is 6.17. The molecule has 0 amide bonds. The van der Waals surface area contributed by atoms with E-state index in [1.165, 1.54) is 6.42 Å². The topological polar surface area (TPSA) is 54.7 Å². The largest absolute Gasteiger partial charge is 0.350 e. The molecule has 4 unspecified atom stereocenters. The summed E-state index contributed by atoms with van der Waals surface area (Å²) in [7, 11) is 0. The predicted molar refractivity (Wildman–Crippen MR) is 38.0 cm³/mol. The van der Waals surface area contributed by atoms with Gasteiger partial charge in [0.1, 0.15) is 0 Å². The lowest BCUT2D eigenvalue weighted by molar-refractivity contribution is -0.0273. The summed E-state index contributed by atoms with van der Waals surface area (Å²) in [6.45, 7) is 0. The number of hydrogen-bond donors (Lipinski definition) is 2. The van der Waals surface area contributed by atoms with Gasteiger partial charge in [0.15, 0.2) is 0 Å². The van der Waals surface area contributed by atoms with Crippen LogP contribution in [0.4, 0.5) is 0 Å². The zero-order valence-corrected chi connectivity index (χ0v) is 6.16. The van der Waals surface area contributed by atoms with Crippen LogP contribution < -0.4 is 5.48 Å². The average molecular weight is 153 g/mol. The molecule has 1 aliphatic heterocycles. The lowest BCUT2D eigenvalue weighted by Crippen LogP contribution is -2.29. The molecule has 3 nitrogen and oxygen atoms in total. The predicted octanol–water partition coefficient (Wildman–Crippen LogP) is 0.380. The molecule has 2 bridgehead atoms. The zero-order chi connectivity index (χ0) is 7.47. The number of rotatable bonds is 1. The molecule has 1 heterocycles. The van der Waals surface area contributed by atoms with Crippen molar-refractivity contribution in [2.24, 2.45) is 17.8 Å². The van der Waals surface area contributed by atoms with Crippen molar-refractivity contribution in [3.8, 4) is 0 Å². The molecule has 2 N–H and O–H groups in total. The highest BCUT2D eigenvalue weighted by molar-refractivity contribution is 5.13. The van der Waals surface area contributed by atoms with E-state index in [1.807, 2.05) is 0 Å². The van der Waals surface area contributed by atoms with Crippen molar-refractivity contribution in [1.29, 1.82) is 0 Å². The van der Waals surface area contributed by atoms with Crippen LogP contribution in [-0.4, -0.2) is 11.0 Å². The molecule has 60 valence electrons. The number of nitrogens with one attached hydrogen (secondary N) is 1. The number of hydroxylamine groups is 1. The van der Waals surface area contributed by atoms with Gasteiger partial charge in [0.25, 0.3) is 5.91 Å². The van der Waals surface area contributed by atoms with Crippen LogP contribution in [0.3, 0.4) is 0 Å². The summed E-state index contributed by atoms with van der Waals surface area (Å²) in [5.74, 6) is 0.557. The molecule has 1 saturated carbocycles. The van der Waals surface area contributed by atoms with Gasteiger partial charge in [0, 0.05) is 5.92 Å². The van der Waals surface area contributed by atoms with Gasteiger partial charge in [-0.15, -0.1) is 5.48 Å². The monoisotopic (exact) mass is 153 g/mol. The minimum atomic E-state index is -0.968. The zero-order valence-electron chi connectivity index (χ0n) is 6.16. The van der Waals surface area contributed by atoms with Gasteiger partial charge in [-0.05, 0) is 24.7 Å². The van der Waals surface area contributed by atoms with E-state index in [0.29, 0.717) is 11.8 Å². The number of allylic oxidation sites excluding steroid dienone is 2. The van der Waals surface area contributed by atoms with Crippen LogP contribution in [0.1, 0.15) is 12.8 Å². The third-order valence-electron chi connectivity index (χ3n) is 3.09. The fourth-order valence-electron chi connectivity index (χ4n) is 2.43. The van der Waals surface area contributed by atoms with E-state index in [1.54, 1.807) is 0 Å². The van der Waals surface area contributed by atoms with Crippen molar-refractivity contribution in [1.82, 2.24) is 5.48 Å². The first-order valence-electron chi connectivity index (χ1n) is 4.14. The van der Waals surface area contributed by atoms with Gasteiger partial charge in [0.2, 0.25) is 0 Å². The molecule has 0 radical (unpaired) electrons. The van der Waals surface area contributed by atoms with Crippen molar-refractivity contribution in [3.05, 3.63) is 12.2 Å². The molecule has 0 aromatic carbocycles. The van der Waals surface area contributed by atoms with E-state index in [9.17, 15) is 5.11 Å². The molecular weight excluding hydrogens is 142 g/mol. The number of hydrogen-bond acceptors (Lipinski definition) is 3. The lowest BCUT2D eigenvalue weighted by Gasteiger charge is -2.18. The fourth-order valence-corrected chi connectivity index (χ4v) is 2.43. The minimum absolute atomic E-state index is 0.289. The summed E-state index contributed by atoms with van der Waals surface area (Å²) in [6.07, 6.45) is 6.75. The van der Waals surface area contributed by atoms with Gasteiger partial charge in [0.05, 0.1) is 0 Å². The molecule has 1 saturated heterocycles. The van der Waals surface area contributed by atoms with Gasteiger partial charge in [-0.25, -0.2) is 4.84 Å². The normalized spacial score (nSPS) is 58.8. The maximum atomic E-state index is 9.58. The molecule has 0 spiro atoms. The molecule has 11 heavy (non-hydrogen) atoms. The van der Waals surface area contributed by atoms with Crippen molar-refractivity contribution < 1.29 is 9.94 Å². The van der Waals surface area contributed by atoms with E-state index in [0.717, 1.165) is 6.42 Å². The van der Waals surface area contributed by atoms with E-state index in [-0.39, 0.29) is 5.92 Å². The number of fused-ring (bicyclic) bond motifs is 2. The van der Waals surface area contributed by atoms with Crippen molar-refractivity contribution in [3.63, 3.8) is 0 Å². The summed E-state index contributed by atoms with van der Waals surface area (Å²) in [6, 6.07) is 0. The van der Waals surface area contributed by atoms with Gasteiger partial charge in [-0.1, -0.05) is 12.2 Å². The molecule has 2 fully saturated rings. The Balaban J connectivity index is 1.86. The average Bonchev–Trinajstić information content (AvgIpc) is 2.52. The second-order valence-corrected chi connectivity index (χ2v) is 3.79. The van der Waals surface area contributed by atoms with Gasteiger partial charge in [-0.2, -0.15) is 0 Å². The highest BCUT2D eigenvalue weighted by Gasteiger charge is 2.57. The van der Waals surface area contributed by atoms with E-state index in [4.69, 9.17) is 4.84 Å². The quantitative estimate of drug-likeness (QED) is 0.423. The summed E-state index contributed by atoms with van der Waals surface area (Å²) >= 11 is 0. The Morgan fingerprint density at radius 3 is 2.73 bits per heavy atom. The van der Waals surface area contributed by atoms with Gasteiger partial charge >= 0.3 is 0 Å². The maximum absolute atomic E-state index is 9.58. The van der Waals surface area contributed by atoms with Crippen molar-refractivity contribution >= 4 is 0 Å². The Hall–Kier alpha value is -0.380. The van der Waals surface area contributed by atoms with Crippen LogP contribution >= 0.6 is 0 Å². The first-order chi connectivity index (χ1) is 5.28. The highest BCUT2D eigenvalue weighted by atomic mass is 16.9. The molecule has 4 atom stereocenters. The Morgan fingerprint density at radius 2 is 2.27 bits per heavy atom. The summed E-state index contributed by atoms with van der Waals surface area (Å²) in [5, 5.41) is 9.58. The van der Waals surface area contributed by atoms with E-state index in [2.05, 4.69) is 17.6 Å². The lowest BCUT2D eigenvalue weighted by atomic mass is 9.91. The summed E-state index contributed by atoms with van der Waals surface area (Å²) in [5.41, 5.74) is 2.56. The highest BCUT2D eigenvalue weighted by Crippen LogP contribution is 2.50. The first-order valence-corrected chi connectivity index (χ1v) is 4.14. The molecule has 0 aromatic heterocycles. The van der Waals surface area contributed by atoms with Crippen LogP contribution in [0.2, 0.25) is 0 Å². The Bertz CT molecular complexity index is 222. The molecule has 2 aliphatic carbocycles. The third-order valence-corrected chi connectivity index (χ3v) is 3.09. The standard InChI is InChI=1S/C8H11NO2/c10-8(9-11-8)7-4-5-1-2-6(7)3-5/h1-2,5-7,9-10H,3-4H2. The van der Waals surface area contributed by atoms with Crippen LogP contribution in [0.15, 0.2) is 12.2 Å². The van der Waals surface area contributed by atoms with Gasteiger partial charge in [-0.3, -0.25) is 0 Å². The van der Waals surface area contributed by atoms with Crippen LogP contribution in [0, 0.1) is 17.8 Å². The second-order valence-electron chi connectivity index (χ2n) is 3.79. The summed E-state index contributed by atoms with van der Waals surface area (Å²) < 4.78 is 0. The van der Waals surface area contributed by atoms with Crippen molar-refractivity contribution in [2.45, 2.75) is 18.8 Å². The molecular formula is C8H11NO2. The third kappa shape index (κ3) is 0.732. The Labute approximate surface area is 65.0 Å². The minimum Gasteiger partial charge on any atom is -0.350 e.